The molecule has 1 aliphatic carbocycles. The fourth-order valence-corrected chi connectivity index (χ4v) is 2.62. The van der Waals surface area contributed by atoms with E-state index in [9.17, 15) is 9.18 Å². The van der Waals surface area contributed by atoms with Crippen molar-refractivity contribution in [1.82, 2.24) is 9.97 Å². The number of hydrogen-bond donors (Lipinski definition) is 2. The molecule has 1 aromatic heterocycles. The second-order valence-corrected chi connectivity index (χ2v) is 5.91. The minimum Gasteiger partial charge on any atom is -0.369 e. The molecule has 0 bridgehead atoms. The molecule has 4 nitrogen and oxygen atoms in total. The van der Waals surface area contributed by atoms with Crippen LogP contribution in [-0.2, 0) is 0 Å². The molecule has 2 unspecified atom stereocenters. The Balaban J connectivity index is 2.66. The van der Waals surface area contributed by atoms with Crippen molar-refractivity contribution < 1.29 is 4.39 Å². The Morgan fingerprint density at radius 2 is 2.06 bits per heavy atom. The van der Waals surface area contributed by atoms with Gasteiger partial charge in [-0.3, -0.25) is 9.78 Å². The van der Waals surface area contributed by atoms with E-state index >= 15 is 0 Å². The van der Waals surface area contributed by atoms with Gasteiger partial charge in [-0.05, 0) is 17.4 Å². The van der Waals surface area contributed by atoms with Gasteiger partial charge in [-0.15, -0.1) is 0 Å². The van der Waals surface area contributed by atoms with Gasteiger partial charge in [-0.25, -0.2) is 9.37 Å². The summed E-state index contributed by atoms with van der Waals surface area (Å²) < 4.78 is 14.1. The summed E-state index contributed by atoms with van der Waals surface area (Å²) in [5.74, 6) is -0.521. The average Bonchev–Trinajstić information content (AvgIpc) is 2.20. The van der Waals surface area contributed by atoms with Crippen molar-refractivity contribution in [2.75, 3.05) is 5.73 Å². The molecular formula is C13H18FN3O. The summed E-state index contributed by atoms with van der Waals surface area (Å²) in [5.41, 5.74) is 5.40. The lowest BCUT2D eigenvalue weighted by molar-refractivity contribution is 0.253. The highest BCUT2D eigenvalue weighted by molar-refractivity contribution is 5.64. The van der Waals surface area contributed by atoms with Crippen LogP contribution in [0.2, 0.25) is 0 Å². The van der Waals surface area contributed by atoms with E-state index in [4.69, 9.17) is 5.73 Å². The predicted molar refractivity (Wildman–Crippen MR) is 69.7 cm³/mol. The molecule has 2 atom stereocenters. The normalized spacial score (nSPS) is 23.5. The minimum atomic E-state index is -0.509. The van der Waals surface area contributed by atoms with Crippen molar-refractivity contribution in [3.8, 4) is 0 Å². The van der Waals surface area contributed by atoms with Crippen LogP contribution in [0.25, 0.3) is 5.83 Å². The number of nitrogens with two attached hydrogens (primary N) is 1. The quantitative estimate of drug-likeness (QED) is 0.744. The van der Waals surface area contributed by atoms with Crippen LogP contribution in [0.5, 0.6) is 0 Å². The van der Waals surface area contributed by atoms with E-state index in [1.807, 2.05) is 27.7 Å². The van der Waals surface area contributed by atoms with Crippen molar-refractivity contribution in [3.05, 3.63) is 27.7 Å². The summed E-state index contributed by atoms with van der Waals surface area (Å²) >= 11 is 0. The van der Waals surface area contributed by atoms with E-state index in [2.05, 4.69) is 9.97 Å². The molecule has 2 rings (SSSR count). The van der Waals surface area contributed by atoms with Crippen LogP contribution in [0.4, 0.5) is 10.3 Å². The molecule has 0 aromatic carbocycles. The lowest BCUT2D eigenvalue weighted by Gasteiger charge is -2.36. The van der Waals surface area contributed by atoms with Crippen molar-refractivity contribution in [2.24, 2.45) is 11.3 Å². The molecule has 0 radical (unpaired) electrons. The molecule has 0 amide bonds. The van der Waals surface area contributed by atoms with Crippen LogP contribution in [0, 0.1) is 11.3 Å². The molecule has 0 saturated carbocycles. The number of rotatable bonds is 0. The van der Waals surface area contributed by atoms with Gasteiger partial charge in [0.15, 0.2) is 0 Å². The fraction of sp³-hybridized carbons (Fsp3) is 0.538. The number of H-pyrrole nitrogens is 1. The number of nitrogens with zero attached hydrogens (tertiary/aromatic N) is 1. The zero-order chi connectivity index (χ0) is 13.7. The van der Waals surface area contributed by atoms with Crippen LogP contribution in [0.15, 0.2) is 10.9 Å². The molecule has 1 aliphatic rings. The van der Waals surface area contributed by atoms with Crippen LogP contribution >= 0.6 is 0 Å². The highest BCUT2D eigenvalue weighted by Gasteiger charge is 2.36. The topological polar surface area (TPSA) is 71.8 Å². The molecule has 0 aliphatic heterocycles. The Morgan fingerprint density at radius 3 is 2.61 bits per heavy atom. The highest BCUT2D eigenvalue weighted by Crippen LogP contribution is 2.44. The van der Waals surface area contributed by atoms with E-state index in [1.54, 1.807) is 0 Å². The molecule has 0 saturated heterocycles. The molecule has 98 valence electrons. The smallest absolute Gasteiger partial charge is 0.262 e. The number of aromatic amines is 1. The predicted octanol–water partition coefficient (Wildman–Crippen LogP) is 2.44. The van der Waals surface area contributed by atoms with Crippen molar-refractivity contribution in [2.45, 2.75) is 33.6 Å². The number of fused-ring (bicyclic) bond motifs is 1. The van der Waals surface area contributed by atoms with Gasteiger partial charge in [0, 0.05) is 5.92 Å². The average molecular weight is 251 g/mol. The summed E-state index contributed by atoms with van der Waals surface area (Å²) in [6.07, 6.45) is 1.53. The van der Waals surface area contributed by atoms with E-state index < -0.39 is 11.4 Å². The van der Waals surface area contributed by atoms with Crippen molar-refractivity contribution in [1.29, 1.82) is 0 Å². The van der Waals surface area contributed by atoms with Crippen LogP contribution in [0.3, 0.4) is 0 Å². The number of anilines is 1. The Labute approximate surface area is 105 Å². The summed E-state index contributed by atoms with van der Waals surface area (Å²) in [6.45, 7) is 8.07. The second kappa shape index (κ2) is 3.93. The van der Waals surface area contributed by atoms with Gasteiger partial charge in [0.1, 0.15) is 5.83 Å². The zero-order valence-electron chi connectivity index (χ0n) is 11.0. The van der Waals surface area contributed by atoms with Crippen molar-refractivity contribution >= 4 is 11.8 Å². The van der Waals surface area contributed by atoms with E-state index in [1.165, 1.54) is 6.08 Å². The first kappa shape index (κ1) is 12.8. The summed E-state index contributed by atoms with van der Waals surface area (Å²) in [7, 11) is 0. The van der Waals surface area contributed by atoms with Crippen LogP contribution < -0.4 is 11.3 Å². The first-order valence-corrected chi connectivity index (χ1v) is 5.99. The van der Waals surface area contributed by atoms with Gasteiger partial charge in [-0.2, -0.15) is 0 Å². The number of nitrogen functional groups attached to an aromatic ring is 1. The molecule has 5 heteroatoms. The maximum absolute atomic E-state index is 14.1. The first-order chi connectivity index (χ1) is 8.21. The first-order valence-electron chi connectivity index (χ1n) is 5.99. The summed E-state index contributed by atoms with van der Waals surface area (Å²) in [6, 6.07) is 0. The number of hydrogen-bond acceptors (Lipinski definition) is 3. The minimum absolute atomic E-state index is 0.0151. The third-order valence-corrected chi connectivity index (χ3v) is 3.50. The lowest BCUT2D eigenvalue weighted by Crippen LogP contribution is -2.31. The molecule has 3 N–H and O–H groups in total. The summed E-state index contributed by atoms with van der Waals surface area (Å²) in [5, 5.41) is 0. The molecule has 1 aromatic rings. The Hall–Kier alpha value is -1.65. The SMILES string of the molecule is CC1c2nc(N)[nH]c(=O)c2C(F)=CC1C(C)(C)C. The molecule has 18 heavy (non-hydrogen) atoms. The van der Waals surface area contributed by atoms with Gasteiger partial charge in [0.2, 0.25) is 5.95 Å². The lowest BCUT2D eigenvalue weighted by atomic mass is 9.69. The van der Waals surface area contributed by atoms with Gasteiger partial charge in [-0.1, -0.05) is 27.7 Å². The van der Waals surface area contributed by atoms with Crippen LogP contribution in [0.1, 0.15) is 44.9 Å². The third-order valence-electron chi connectivity index (χ3n) is 3.50. The maximum atomic E-state index is 14.1. The Bertz CT molecular complexity index is 569. The monoisotopic (exact) mass is 251 g/mol. The van der Waals surface area contributed by atoms with Gasteiger partial charge >= 0.3 is 0 Å². The van der Waals surface area contributed by atoms with Gasteiger partial charge < -0.3 is 5.73 Å². The van der Waals surface area contributed by atoms with Gasteiger partial charge in [0.25, 0.3) is 5.56 Å². The summed E-state index contributed by atoms with van der Waals surface area (Å²) in [4.78, 5) is 18.2. The highest BCUT2D eigenvalue weighted by atomic mass is 19.1. The Morgan fingerprint density at radius 1 is 1.44 bits per heavy atom. The largest absolute Gasteiger partial charge is 0.369 e. The Kier molecular flexibility index (Phi) is 2.80. The zero-order valence-corrected chi connectivity index (χ0v) is 11.0. The fourth-order valence-electron chi connectivity index (χ4n) is 2.62. The molecule has 0 fully saturated rings. The standard InChI is InChI=1S/C13H18FN3O/c1-6-7(13(2,3)4)5-8(14)9-10(6)16-12(15)17-11(9)18/h5-7H,1-4H3,(H3,15,16,17,18). The second-order valence-electron chi connectivity index (χ2n) is 5.91. The molecular weight excluding hydrogens is 233 g/mol. The van der Waals surface area contributed by atoms with Crippen molar-refractivity contribution in [3.63, 3.8) is 0 Å². The number of aromatic nitrogens is 2. The number of halogens is 1. The maximum Gasteiger partial charge on any atom is 0.262 e. The third kappa shape index (κ3) is 1.94. The van der Waals surface area contributed by atoms with E-state index in [-0.39, 0.29) is 28.8 Å². The van der Waals surface area contributed by atoms with Gasteiger partial charge in [0.05, 0.1) is 11.3 Å². The van der Waals surface area contributed by atoms with E-state index in [0.29, 0.717) is 5.69 Å². The number of allylic oxidation sites excluding steroid dienone is 1. The number of nitrogens with one attached hydrogen (secondary N) is 1. The molecule has 0 spiro atoms. The van der Waals surface area contributed by atoms with Crippen LogP contribution in [-0.4, -0.2) is 9.97 Å². The van der Waals surface area contributed by atoms with E-state index in [0.717, 1.165) is 0 Å². The molecule has 1 heterocycles.